The van der Waals surface area contributed by atoms with Crippen LogP contribution >= 0.6 is 28.3 Å². The molecule has 0 aliphatic carbocycles. The van der Waals surface area contributed by atoms with Gasteiger partial charge in [0.2, 0.25) is 5.91 Å². The van der Waals surface area contributed by atoms with E-state index in [1.807, 2.05) is 6.26 Å². The van der Waals surface area contributed by atoms with Crippen LogP contribution < -0.4 is 5.32 Å². The van der Waals surface area contributed by atoms with Crippen LogP contribution in [0, 0.1) is 0 Å². The molecule has 0 radical (unpaired) electrons. The second kappa shape index (κ2) is 11.5. The van der Waals surface area contributed by atoms with Crippen molar-refractivity contribution in [1.82, 2.24) is 5.32 Å². The Morgan fingerprint density at radius 1 is 1.50 bits per heavy atom. The average Bonchev–Trinajstić information content (AvgIpc) is 2.34. The summed E-state index contributed by atoms with van der Waals surface area (Å²) in [7, 11) is 4.62. The average molecular weight is 335 g/mol. The lowest BCUT2D eigenvalue weighted by atomic mass is 10.6. The highest BCUT2D eigenvalue weighted by molar-refractivity contribution is 8.76. The van der Waals surface area contributed by atoms with Gasteiger partial charge in [0.05, 0.1) is 13.2 Å². The minimum Gasteiger partial charge on any atom is -0.369 e. The van der Waals surface area contributed by atoms with Gasteiger partial charge in [-0.05, 0) is 18.1 Å². The second-order valence-corrected chi connectivity index (χ2v) is 8.50. The minimum atomic E-state index is -3.11. The maximum atomic E-state index is 11.2. The monoisotopic (exact) mass is 335 g/mol. The van der Waals surface area contributed by atoms with Gasteiger partial charge in [0.15, 0.2) is 0 Å². The first-order chi connectivity index (χ1) is 8.52. The summed E-state index contributed by atoms with van der Waals surface area (Å²) < 4.78 is 14.5. The van der Waals surface area contributed by atoms with Gasteiger partial charge < -0.3 is 24.0 Å². The summed E-state index contributed by atoms with van der Waals surface area (Å²) in [5.41, 5.74) is 0. The Morgan fingerprint density at radius 2 is 2.22 bits per heavy atom. The maximum Gasteiger partial charge on any atom is 0.324 e. The van der Waals surface area contributed by atoms with Gasteiger partial charge in [-0.25, -0.2) is 0 Å². The van der Waals surface area contributed by atoms with Gasteiger partial charge in [0.1, 0.15) is 6.61 Å². The lowest BCUT2D eigenvalue weighted by molar-refractivity contribution is -0.125. The minimum absolute atomic E-state index is 0.0332. The molecule has 10 heteroatoms. The quantitative estimate of drug-likeness (QED) is 0.329. The zero-order valence-corrected chi connectivity index (χ0v) is 13.6. The highest BCUT2D eigenvalue weighted by Gasteiger charge is 2.11. The van der Waals surface area contributed by atoms with Crippen LogP contribution in [-0.2, 0) is 30.4 Å². The van der Waals surface area contributed by atoms with Crippen LogP contribution in [0.2, 0.25) is 0 Å². The first kappa shape index (κ1) is 18.7. The van der Waals surface area contributed by atoms with Gasteiger partial charge in [0.25, 0.3) is 0 Å². The van der Waals surface area contributed by atoms with Gasteiger partial charge in [-0.2, -0.15) is 0 Å². The third-order valence-electron chi connectivity index (χ3n) is 1.57. The number of carbonyl (C=O) groups excluding carboxylic acids is 1. The molecule has 1 atom stereocenters. The number of ether oxygens (including phenoxy) is 1. The van der Waals surface area contributed by atoms with Crippen LogP contribution in [0.4, 0.5) is 0 Å². The molecule has 0 bridgehead atoms. The zero-order chi connectivity index (χ0) is 13.9. The van der Waals surface area contributed by atoms with Gasteiger partial charge in [-0.15, -0.1) is 0 Å². The Bertz CT molecular complexity index is 281. The fraction of sp³-hybridized carbons (Fsp3) is 0.875. The molecule has 0 aromatic heterocycles. The molecule has 0 fully saturated rings. The molecule has 6 nitrogen and oxygen atoms in total. The van der Waals surface area contributed by atoms with Crippen LogP contribution in [0.3, 0.4) is 0 Å². The lowest BCUT2D eigenvalue weighted by Gasteiger charge is -2.12. The topological polar surface area (TPSA) is 77.0 Å². The third kappa shape index (κ3) is 11.7. The van der Waals surface area contributed by atoms with Crippen molar-refractivity contribution in [1.29, 1.82) is 0 Å². The van der Waals surface area contributed by atoms with Crippen molar-refractivity contribution in [2.45, 2.75) is 0 Å². The van der Waals surface area contributed by atoms with E-state index < -0.39 is 6.72 Å². The SMILES string of the molecule is COP(O)(=S)OCCOCC(=O)NCCSSC. The van der Waals surface area contributed by atoms with Gasteiger partial charge >= 0.3 is 6.72 Å². The molecule has 108 valence electrons. The van der Waals surface area contributed by atoms with Crippen molar-refractivity contribution < 1.29 is 23.5 Å². The van der Waals surface area contributed by atoms with Crippen LogP contribution in [0.1, 0.15) is 0 Å². The van der Waals surface area contributed by atoms with Crippen molar-refractivity contribution >= 4 is 46.0 Å². The summed E-state index contributed by atoms with van der Waals surface area (Å²) in [4.78, 5) is 20.5. The molecule has 0 saturated heterocycles. The second-order valence-electron chi connectivity index (χ2n) is 2.88. The largest absolute Gasteiger partial charge is 0.369 e. The zero-order valence-electron chi connectivity index (χ0n) is 10.3. The summed E-state index contributed by atoms with van der Waals surface area (Å²) in [6, 6.07) is 0. The smallest absolute Gasteiger partial charge is 0.324 e. The van der Waals surface area contributed by atoms with Crippen LogP contribution in [0.15, 0.2) is 0 Å². The number of nitrogens with one attached hydrogen (secondary N) is 1. The van der Waals surface area contributed by atoms with E-state index in [-0.39, 0.29) is 25.7 Å². The summed E-state index contributed by atoms with van der Waals surface area (Å²) >= 11 is 4.61. The maximum absolute atomic E-state index is 11.2. The fourth-order valence-electron chi connectivity index (χ4n) is 0.796. The Morgan fingerprint density at radius 3 is 2.83 bits per heavy atom. The molecule has 2 N–H and O–H groups in total. The molecule has 1 unspecified atom stereocenters. The molecule has 1 amide bonds. The van der Waals surface area contributed by atoms with E-state index in [0.29, 0.717) is 6.54 Å². The predicted molar refractivity (Wildman–Crippen MR) is 79.3 cm³/mol. The summed E-state index contributed by atoms with van der Waals surface area (Å²) in [5, 5.41) is 2.71. The molecule has 0 aliphatic rings. The van der Waals surface area contributed by atoms with E-state index in [4.69, 9.17) is 9.26 Å². The Balaban J connectivity index is 3.38. The van der Waals surface area contributed by atoms with Gasteiger partial charge in [0, 0.05) is 19.4 Å². The molecule has 0 aromatic rings. The van der Waals surface area contributed by atoms with E-state index in [2.05, 4.69) is 21.6 Å². The van der Waals surface area contributed by atoms with Crippen molar-refractivity contribution in [3.63, 3.8) is 0 Å². The molecule has 0 rings (SSSR count). The Kier molecular flexibility index (Phi) is 11.9. The molecular weight excluding hydrogens is 317 g/mol. The van der Waals surface area contributed by atoms with E-state index >= 15 is 0 Å². The first-order valence-electron chi connectivity index (χ1n) is 5.05. The standard InChI is InChI=1S/C8H18NO5PS3/c1-12-15(11,16)14-5-4-13-7-8(10)9-3-6-18-17-2/h3-7H2,1-2H3,(H,9,10)(H,11,16). The van der Waals surface area contributed by atoms with E-state index in [0.717, 1.165) is 5.75 Å². The van der Waals surface area contributed by atoms with Crippen LogP contribution in [0.25, 0.3) is 0 Å². The van der Waals surface area contributed by atoms with Crippen molar-refractivity contribution in [2.75, 3.05) is 45.5 Å². The third-order valence-corrected chi connectivity index (χ3v) is 5.12. The number of amides is 1. The number of hydrogen-bond acceptors (Lipinski definition) is 7. The highest BCUT2D eigenvalue weighted by atomic mass is 33.1. The number of carbonyl (C=O) groups is 1. The first-order valence-corrected chi connectivity index (χ1v) is 10.4. The summed E-state index contributed by atoms with van der Waals surface area (Å²) in [6.07, 6.45) is 1.98. The van der Waals surface area contributed by atoms with Crippen molar-refractivity contribution in [3.05, 3.63) is 0 Å². The highest BCUT2D eigenvalue weighted by Crippen LogP contribution is 2.41. The fourth-order valence-corrected chi connectivity index (χ4v) is 2.53. The summed E-state index contributed by atoms with van der Waals surface area (Å²) in [6.45, 7) is -2.26. The molecule has 0 heterocycles. The van der Waals surface area contributed by atoms with Crippen LogP contribution in [0.5, 0.6) is 0 Å². The molecule has 0 aliphatic heterocycles. The molecule has 0 saturated carbocycles. The lowest BCUT2D eigenvalue weighted by Crippen LogP contribution is -2.29. The molecular formula is C8H18NO5PS3. The van der Waals surface area contributed by atoms with E-state index in [1.165, 1.54) is 7.11 Å². The number of rotatable bonds is 11. The van der Waals surface area contributed by atoms with Crippen LogP contribution in [-0.4, -0.2) is 56.3 Å². The van der Waals surface area contributed by atoms with Crippen molar-refractivity contribution in [2.24, 2.45) is 0 Å². The Labute approximate surface area is 120 Å². The van der Waals surface area contributed by atoms with Crippen molar-refractivity contribution in [3.8, 4) is 0 Å². The summed E-state index contributed by atoms with van der Waals surface area (Å²) in [5.74, 6) is 0.684. The van der Waals surface area contributed by atoms with E-state index in [1.54, 1.807) is 21.6 Å². The Hall–Kier alpha value is 0.660. The number of hydrogen-bond donors (Lipinski definition) is 2. The molecule has 0 aromatic carbocycles. The predicted octanol–water partition coefficient (Wildman–Crippen LogP) is 1.01. The van der Waals surface area contributed by atoms with E-state index in [9.17, 15) is 9.69 Å². The molecule has 0 spiro atoms. The van der Waals surface area contributed by atoms with Gasteiger partial charge in [-0.3, -0.25) is 4.79 Å². The van der Waals surface area contributed by atoms with Gasteiger partial charge in [-0.1, -0.05) is 21.6 Å². The normalized spacial score (nSPS) is 14.2. The molecule has 18 heavy (non-hydrogen) atoms.